The molecule has 19 atom stereocenters. The molecule has 10 heterocycles. The summed E-state index contributed by atoms with van der Waals surface area (Å²) in [6.45, 7) is -3.28. The predicted octanol–water partition coefficient (Wildman–Crippen LogP) is -7.67. The van der Waals surface area contributed by atoms with E-state index in [0.717, 1.165) is 0 Å². The molecule has 10 rings (SSSR count). The van der Waals surface area contributed by atoms with Gasteiger partial charge in [0.05, 0.1) is 34.3 Å². The third-order valence-corrected chi connectivity index (χ3v) is 16.8. The van der Waals surface area contributed by atoms with Crippen LogP contribution in [0, 0.1) is 0 Å². The number of imidazole rings is 2. The fourth-order valence-electron chi connectivity index (χ4n) is 9.04. The van der Waals surface area contributed by atoms with Crippen molar-refractivity contribution in [3.05, 3.63) is 85.5 Å². The topological polar surface area (TPSA) is 711 Å². The Hall–Kier alpha value is -4.06. The van der Waals surface area contributed by atoms with E-state index in [4.69, 9.17) is 80.8 Å². The molecule has 0 aromatic carbocycles. The Morgan fingerprint density at radius 2 is 0.916 bits per heavy atom. The standard InChI is InChI=1S/C21H27N7O14P2.C11H15N2O8P.C10H14N5O7P.4ClH.H2O.Zr/c22-17-12-19(25-7-24-17)26-8-28(12)21-16(32)14(30)11(41-21)6-39-44(36,37)42-43(34,35)38-5-10-13(29)15(31)20(40-10)27-3-1-2-9(4-27)18(23)33;12-10(16)6-2-1-3-13(4-6)11-9(15)8(14)7(21-11)5-20-22(17,18)19;11-8-5-9(13-2-12-8)14-3-15(5)10-7(17)6(16)4(22-10)1-21-23(18,19)20;;;;;;/h1-4,7-8,10-11,13-16,20-21,29-32H,5-6H2,(H5-,22,23,24,25,33,34,35,36,37);1-4,7-9,11,14-15H,5H2,(H3-,12,16,17,18,19);2-4,6-7,10,16-17H,1H2,(H2,11,12,13)(H2,18,19,20);4*1H;1H2;/q;;;;;;;;+4/p-6/t10-,11-,13-,14-,15-,16-,20-,21-;7-,8-,9-,11-;4-,6-,7-,10-;;;;;;/m111....../s1. The van der Waals surface area contributed by atoms with Gasteiger partial charge in [-0.25, -0.2) is 38.8 Å². The summed E-state index contributed by atoms with van der Waals surface area (Å²) in [5, 5.41) is 81.4. The van der Waals surface area contributed by atoms with Crippen molar-refractivity contribution in [3.8, 4) is 0 Å². The van der Waals surface area contributed by atoms with E-state index in [-0.39, 0.29) is 45.0 Å². The number of anilines is 2. The zero-order chi connectivity index (χ0) is 69.7. The number of nitrogen functional groups attached to an aromatic ring is 2. The second-order valence-electron chi connectivity index (χ2n) is 19.7. The van der Waals surface area contributed by atoms with Crippen molar-refractivity contribution >= 4 is 111 Å². The van der Waals surface area contributed by atoms with Gasteiger partial charge in [0, 0.05) is 12.1 Å². The number of carbonyl (C=O) groups excluding carboxylic acids is 2. The van der Waals surface area contributed by atoms with E-state index in [9.17, 15) is 93.2 Å². The minimum absolute atomic E-state index is 0. The van der Waals surface area contributed by atoms with Gasteiger partial charge in [-0.05, 0) is 12.1 Å². The monoisotopic (exact) mass is 1590 g/mol. The van der Waals surface area contributed by atoms with Crippen molar-refractivity contribution in [3.63, 3.8) is 0 Å². The van der Waals surface area contributed by atoms with Crippen LogP contribution in [0.4, 0.5) is 11.6 Å². The first-order valence-electron chi connectivity index (χ1n) is 25.9. The van der Waals surface area contributed by atoms with E-state index >= 15 is 0 Å². The molecular weight excluding hydrogens is 1540 g/mol. The number of rotatable bonds is 20. The van der Waals surface area contributed by atoms with Crippen LogP contribution in [0.15, 0.2) is 74.4 Å². The number of aliphatic hydroxyl groups excluding tert-OH is 8. The van der Waals surface area contributed by atoms with Gasteiger partial charge in [0.15, 0.2) is 72.4 Å². The maximum absolute atomic E-state index is 12.4. The van der Waals surface area contributed by atoms with Crippen LogP contribution in [0.1, 0.15) is 45.6 Å². The number of hydrogen-bond acceptors (Lipinski definition) is 35. The van der Waals surface area contributed by atoms with Crippen LogP contribution < -0.4 is 51.6 Å². The van der Waals surface area contributed by atoms with Gasteiger partial charge in [-0.3, -0.25) is 32.4 Å². The van der Waals surface area contributed by atoms with Gasteiger partial charge < -0.3 is 136 Å². The molecule has 44 nitrogen and oxygen atoms in total. The number of amides is 2. The van der Waals surface area contributed by atoms with E-state index < -0.39 is 183 Å². The summed E-state index contributed by atoms with van der Waals surface area (Å²) in [6.07, 6.45) is -12.2. The van der Waals surface area contributed by atoms with Gasteiger partial charge in [0.2, 0.25) is 0 Å². The normalized spacial score (nSPS) is 29.3. The number of pyridine rings is 2. The zero-order valence-electron chi connectivity index (χ0n) is 47.3. The molecule has 0 aliphatic carbocycles. The van der Waals surface area contributed by atoms with Crippen LogP contribution >= 0.6 is 65.3 Å². The van der Waals surface area contributed by atoms with Crippen LogP contribution in [0.25, 0.3) is 22.3 Å². The number of phosphoric ester groups is 4. The molecule has 528 valence electrons. The van der Waals surface area contributed by atoms with E-state index in [2.05, 4.69) is 52.3 Å². The molecule has 6 aromatic rings. The van der Waals surface area contributed by atoms with E-state index in [1.807, 2.05) is 0 Å². The minimum atomic E-state index is -5.62. The van der Waals surface area contributed by atoms with Crippen molar-refractivity contribution in [1.29, 1.82) is 0 Å². The third-order valence-electron chi connectivity index (χ3n) is 13.3. The molecular formula is C42H56Cl4N14O30P4Zr-2. The summed E-state index contributed by atoms with van der Waals surface area (Å²) in [4.78, 5) is 108. The van der Waals surface area contributed by atoms with Crippen LogP contribution in [-0.2, 0) is 75.1 Å². The predicted molar refractivity (Wildman–Crippen MR) is 300 cm³/mol. The molecule has 4 fully saturated rings. The van der Waals surface area contributed by atoms with Crippen LogP contribution in [0.2, 0.25) is 0 Å². The van der Waals surface area contributed by atoms with Gasteiger partial charge >= 0.3 is 57.4 Å². The first kappa shape index (κ1) is 79.9. The summed E-state index contributed by atoms with van der Waals surface area (Å²) in [6, 6.07) is 5.74. The van der Waals surface area contributed by atoms with Crippen molar-refractivity contribution in [2.75, 3.05) is 37.9 Å². The number of aliphatic hydroxyl groups is 8. The summed E-state index contributed by atoms with van der Waals surface area (Å²) < 4.78 is 94.2. The Bertz CT molecular complexity index is 3830. The van der Waals surface area contributed by atoms with Crippen molar-refractivity contribution in [2.45, 2.75) is 98.2 Å². The quantitative estimate of drug-likeness (QED) is 0.0249. The Morgan fingerprint density at radius 1 is 0.558 bits per heavy atom. The van der Waals surface area contributed by atoms with Crippen LogP contribution in [-0.4, -0.2) is 207 Å². The van der Waals surface area contributed by atoms with Crippen molar-refractivity contribution in [2.24, 2.45) is 11.5 Å². The number of carbonyl (C=O) groups is 2. The molecule has 0 bridgehead atoms. The molecule has 6 aromatic heterocycles. The molecule has 4 aliphatic heterocycles. The first-order chi connectivity index (χ1) is 43.6. The van der Waals surface area contributed by atoms with E-state index in [1.54, 1.807) is 0 Å². The summed E-state index contributed by atoms with van der Waals surface area (Å²) in [5.74, 6) is -1.38. The summed E-state index contributed by atoms with van der Waals surface area (Å²) >= 11 is -3.29. The SMILES string of the molecule is NC(=O)c1ccc[n+]([C@@H]2O[C@H](COP(=O)([O-])OP(=O)(O)OC[C@H]3O[C@@H](n4cnc5ncnc(N)c54)[C@H](O)[C@@H]3O)[C@@H](O)[C@H]2O)c1.NC(=O)c1ccc[n+]([C@@H]2O[C@H](COP(=O)([O-])[O-])[C@@H](O)[C@H]2O)c1.Nc1ncnc2ncn([C@@H]3O[C@H](COP(=O)([O-])O)[C@@H](O)[C@H]3O)c12.O.[Cl][Zr]([Cl])([Cl])[Cl]. The van der Waals surface area contributed by atoms with Crippen LogP contribution in [0.3, 0.4) is 0 Å². The molecule has 53 heteroatoms. The average Bonchev–Trinajstić information content (AvgIpc) is 1.65. The van der Waals surface area contributed by atoms with E-state index in [0.29, 0.717) is 5.52 Å². The number of fused-ring (bicyclic) bond motifs is 2. The first-order valence-corrected chi connectivity index (χ1v) is 44.5. The number of phosphoric acid groups is 4. The summed E-state index contributed by atoms with van der Waals surface area (Å²) in [7, 11) is -1.10. The second kappa shape index (κ2) is 33.0. The molecule has 0 spiro atoms. The molecule has 4 saturated heterocycles. The number of aromatic nitrogens is 10. The number of hydrogen-bond donors (Lipinski definition) is 14. The molecule has 4 aliphatic rings. The van der Waals surface area contributed by atoms with Crippen molar-refractivity contribution in [1.82, 2.24) is 39.0 Å². The average molecular weight is 1590 g/mol. The number of nitrogens with two attached hydrogens (primary N) is 4. The molecule has 95 heavy (non-hydrogen) atoms. The van der Waals surface area contributed by atoms with Gasteiger partial charge in [-0.1, -0.05) is 0 Å². The van der Waals surface area contributed by atoms with Crippen LogP contribution in [0.5, 0.6) is 0 Å². The van der Waals surface area contributed by atoms with Gasteiger partial charge in [-0.15, -0.1) is 0 Å². The maximum atomic E-state index is 12.4. The molecule has 20 N–H and O–H groups in total. The summed E-state index contributed by atoms with van der Waals surface area (Å²) in [5.41, 5.74) is 23.1. The van der Waals surface area contributed by atoms with Crippen molar-refractivity contribution < 1.29 is 170 Å². The number of ether oxygens (including phenoxy) is 4. The molecule has 2 amide bonds. The number of halogens is 4. The molecule has 0 radical (unpaired) electrons. The van der Waals surface area contributed by atoms with Gasteiger partial charge in [-0.2, -0.15) is 9.13 Å². The Labute approximate surface area is 549 Å². The molecule has 0 saturated carbocycles. The Balaban J connectivity index is 0.000000235. The fourth-order valence-corrected chi connectivity index (χ4v) is 11.8. The molecule has 3 unspecified atom stereocenters. The second-order valence-corrected chi connectivity index (χ2v) is 47.4. The van der Waals surface area contributed by atoms with Gasteiger partial charge in [0.25, 0.3) is 39.9 Å². The third kappa shape index (κ3) is 21.5. The zero-order valence-corrected chi connectivity index (χ0v) is 56.4. The number of primary amides is 2. The Morgan fingerprint density at radius 3 is 1.29 bits per heavy atom. The fraction of sp³-hybridized carbons (Fsp3) is 0.476. The Kier molecular flexibility index (Phi) is 27.7. The number of nitrogens with zero attached hydrogens (tertiary/aromatic N) is 10. The van der Waals surface area contributed by atoms with Gasteiger partial charge in [0.1, 0.15) is 109 Å². The van der Waals surface area contributed by atoms with E-state index in [1.165, 1.54) is 92.6 Å².